The summed E-state index contributed by atoms with van der Waals surface area (Å²) in [7, 11) is 0. The van der Waals surface area contributed by atoms with E-state index < -0.39 is 0 Å². The van der Waals surface area contributed by atoms with E-state index in [2.05, 4.69) is 5.32 Å². The van der Waals surface area contributed by atoms with Gasteiger partial charge in [0.05, 0.1) is 10.4 Å². The summed E-state index contributed by atoms with van der Waals surface area (Å²) in [5.74, 6) is -0.0343. The summed E-state index contributed by atoms with van der Waals surface area (Å²) in [6, 6.07) is 9.39. The van der Waals surface area contributed by atoms with E-state index >= 15 is 0 Å². The Kier molecular flexibility index (Phi) is 4.12. The lowest BCUT2D eigenvalue weighted by Crippen LogP contribution is -2.07. The molecule has 0 aliphatic rings. The van der Waals surface area contributed by atoms with Gasteiger partial charge in [0.1, 0.15) is 0 Å². The van der Waals surface area contributed by atoms with Gasteiger partial charge in [-0.05, 0) is 44.2 Å². The molecule has 2 aromatic rings. The fraction of sp³-hybridized carbons (Fsp3) is 0.214. The SMILES string of the molecule is CC(=O)c1cc(NC(C)c2ccc(Cl)s2)ccc1N. The van der Waals surface area contributed by atoms with Crippen LogP contribution in [-0.4, -0.2) is 5.78 Å². The molecule has 1 heterocycles. The van der Waals surface area contributed by atoms with Crippen LogP contribution in [-0.2, 0) is 0 Å². The molecule has 0 spiro atoms. The third kappa shape index (κ3) is 3.28. The van der Waals surface area contributed by atoms with Crippen molar-refractivity contribution in [2.24, 2.45) is 0 Å². The Morgan fingerprint density at radius 2 is 2.11 bits per heavy atom. The third-order valence-corrected chi connectivity index (χ3v) is 4.25. The molecule has 5 heteroatoms. The number of anilines is 2. The van der Waals surface area contributed by atoms with Crippen LogP contribution in [0.4, 0.5) is 11.4 Å². The quantitative estimate of drug-likeness (QED) is 0.651. The van der Waals surface area contributed by atoms with Crippen LogP contribution in [0, 0.1) is 0 Å². The molecule has 100 valence electrons. The fourth-order valence-corrected chi connectivity index (χ4v) is 2.90. The number of nitrogen functional groups attached to an aromatic ring is 1. The van der Waals surface area contributed by atoms with Gasteiger partial charge in [-0.2, -0.15) is 0 Å². The maximum absolute atomic E-state index is 11.5. The molecule has 19 heavy (non-hydrogen) atoms. The van der Waals surface area contributed by atoms with Crippen LogP contribution in [0.25, 0.3) is 0 Å². The van der Waals surface area contributed by atoms with Crippen molar-refractivity contribution >= 4 is 40.1 Å². The van der Waals surface area contributed by atoms with E-state index in [0.29, 0.717) is 11.3 Å². The second-order valence-electron chi connectivity index (χ2n) is 4.37. The number of nitrogens with one attached hydrogen (secondary N) is 1. The smallest absolute Gasteiger partial charge is 0.161 e. The average Bonchev–Trinajstić information content (AvgIpc) is 2.78. The first-order chi connectivity index (χ1) is 8.97. The number of rotatable bonds is 4. The Balaban J connectivity index is 2.19. The predicted octanol–water partition coefficient (Wildman–Crippen LogP) is 4.36. The average molecular weight is 295 g/mol. The monoisotopic (exact) mass is 294 g/mol. The standard InChI is InChI=1S/C14H15ClN2OS/c1-8(13-5-6-14(15)19-13)17-10-3-4-12(16)11(7-10)9(2)18/h3-8,17H,16H2,1-2H3. The number of hydrogen-bond donors (Lipinski definition) is 2. The highest BCUT2D eigenvalue weighted by Gasteiger charge is 2.10. The van der Waals surface area contributed by atoms with Gasteiger partial charge in [0, 0.05) is 21.8 Å². The van der Waals surface area contributed by atoms with Gasteiger partial charge < -0.3 is 11.1 Å². The minimum Gasteiger partial charge on any atom is -0.398 e. The lowest BCUT2D eigenvalue weighted by Gasteiger charge is -2.15. The second-order valence-corrected chi connectivity index (χ2v) is 6.11. The summed E-state index contributed by atoms with van der Waals surface area (Å²) in [6.07, 6.45) is 0. The Morgan fingerprint density at radius 3 is 2.68 bits per heavy atom. The van der Waals surface area contributed by atoms with Gasteiger partial charge in [-0.1, -0.05) is 11.6 Å². The van der Waals surface area contributed by atoms with E-state index in [1.165, 1.54) is 6.92 Å². The number of hydrogen-bond acceptors (Lipinski definition) is 4. The van der Waals surface area contributed by atoms with E-state index in [-0.39, 0.29) is 11.8 Å². The van der Waals surface area contributed by atoms with Crippen LogP contribution < -0.4 is 11.1 Å². The van der Waals surface area contributed by atoms with E-state index in [0.717, 1.165) is 14.9 Å². The van der Waals surface area contributed by atoms with E-state index in [4.69, 9.17) is 17.3 Å². The molecule has 0 radical (unpaired) electrons. The summed E-state index contributed by atoms with van der Waals surface area (Å²) < 4.78 is 0.769. The minimum absolute atomic E-state index is 0.0343. The molecule has 0 saturated heterocycles. The summed E-state index contributed by atoms with van der Waals surface area (Å²) in [5.41, 5.74) is 7.69. The molecule has 1 atom stereocenters. The summed E-state index contributed by atoms with van der Waals surface area (Å²) in [5, 5.41) is 3.34. The van der Waals surface area contributed by atoms with Crippen molar-refractivity contribution in [3.8, 4) is 0 Å². The van der Waals surface area contributed by atoms with Crippen LogP contribution in [0.3, 0.4) is 0 Å². The van der Waals surface area contributed by atoms with Crippen molar-refractivity contribution in [2.75, 3.05) is 11.1 Å². The zero-order valence-corrected chi connectivity index (χ0v) is 12.3. The first-order valence-corrected chi connectivity index (χ1v) is 7.09. The van der Waals surface area contributed by atoms with Crippen LogP contribution in [0.1, 0.15) is 35.1 Å². The Hall–Kier alpha value is -1.52. The third-order valence-electron chi connectivity index (χ3n) is 2.84. The van der Waals surface area contributed by atoms with Crippen molar-refractivity contribution in [3.63, 3.8) is 0 Å². The van der Waals surface area contributed by atoms with Crippen molar-refractivity contribution in [3.05, 3.63) is 45.1 Å². The molecule has 2 rings (SSSR count). The molecular formula is C14H15ClN2OS. The molecule has 0 aliphatic heterocycles. The fourth-order valence-electron chi connectivity index (χ4n) is 1.83. The molecule has 3 N–H and O–H groups in total. The van der Waals surface area contributed by atoms with Gasteiger partial charge in [-0.25, -0.2) is 0 Å². The molecule has 3 nitrogen and oxygen atoms in total. The van der Waals surface area contributed by atoms with Gasteiger partial charge >= 0.3 is 0 Å². The molecule has 1 aromatic carbocycles. The van der Waals surface area contributed by atoms with Gasteiger partial charge in [0.2, 0.25) is 0 Å². The minimum atomic E-state index is -0.0343. The molecule has 0 amide bonds. The largest absolute Gasteiger partial charge is 0.398 e. The number of Topliss-reactive ketones (excluding diaryl/α,β-unsaturated/α-hetero) is 1. The molecule has 0 fully saturated rings. The van der Waals surface area contributed by atoms with Crippen molar-refractivity contribution in [1.29, 1.82) is 0 Å². The molecule has 0 aliphatic carbocycles. The lowest BCUT2D eigenvalue weighted by atomic mass is 10.1. The van der Waals surface area contributed by atoms with Crippen LogP contribution >= 0.6 is 22.9 Å². The van der Waals surface area contributed by atoms with Crippen LogP contribution in [0.15, 0.2) is 30.3 Å². The highest BCUT2D eigenvalue weighted by Crippen LogP contribution is 2.29. The number of halogens is 1. The first kappa shape index (κ1) is 13.9. The summed E-state index contributed by atoms with van der Waals surface area (Å²) in [6.45, 7) is 3.56. The maximum Gasteiger partial charge on any atom is 0.161 e. The van der Waals surface area contributed by atoms with Crippen LogP contribution in [0.5, 0.6) is 0 Å². The Bertz CT molecular complexity index is 609. The van der Waals surface area contributed by atoms with Gasteiger partial charge in [-0.15, -0.1) is 11.3 Å². The molecule has 1 unspecified atom stereocenters. The van der Waals surface area contributed by atoms with Crippen LogP contribution in [0.2, 0.25) is 4.34 Å². The van der Waals surface area contributed by atoms with E-state index in [1.807, 2.05) is 25.1 Å². The van der Waals surface area contributed by atoms with Gasteiger partial charge in [-0.3, -0.25) is 4.79 Å². The predicted molar refractivity (Wildman–Crippen MR) is 82.2 cm³/mol. The zero-order chi connectivity index (χ0) is 14.0. The Morgan fingerprint density at radius 1 is 1.37 bits per heavy atom. The number of carbonyl (C=O) groups excluding carboxylic acids is 1. The highest BCUT2D eigenvalue weighted by molar-refractivity contribution is 7.16. The van der Waals surface area contributed by atoms with Crippen molar-refractivity contribution < 1.29 is 4.79 Å². The maximum atomic E-state index is 11.5. The topological polar surface area (TPSA) is 55.1 Å². The Labute approximate surface area is 121 Å². The number of thiophene rings is 1. The second kappa shape index (κ2) is 5.63. The molecule has 1 aromatic heterocycles. The molecular weight excluding hydrogens is 280 g/mol. The van der Waals surface area contributed by atoms with Gasteiger partial charge in [0.25, 0.3) is 0 Å². The van der Waals surface area contributed by atoms with Gasteiger partial charge in [0.15, 0.2) is 5.78 Å². The molecule has 0 saturated carbocycles. The molecule has 0 bridgehead atoms. The normalized spacial score (nSPS) is 12.2. The van der Waals surface area contributed by atoms with E-state index in [1.54, 1.807) is 23.5 Å². The number of ketones is 1. The first-order valence-electron chi connectivity index (χ1n) is 5.89. The van der Waals surface area contributed by atoms with Crippen molar-refractivity contribution in [2.45, 2.75) is 19.9 Å². The number of benzene rings is 1. The highest BCUT2D eigenvalue weighted by atomic mass is 35.5. The zero-order valence-electron chi connectivity index (χ0n) is 10.7. The lowest BCUT2D eigenvalue weighted by molar-refractivity contribution is 0.101. The summed E-state index contributed by atoms with van der Waals surface area (Å²) in [4.78, 5) is 12.6. The number of carbonyl (C=O) groups is 1. The van der Waals surface area contributed by atoms with E-state index in [9.17, 15) is 4.79 Å². The van der Waals surface area contributed by atoms with Crippen molar-refractivity contribution in [1.82, 2.24) is 0 Å². The number of nitrogens with two attached hydrogens (primary N) is 1. The summed E-state index contributed by atoms with van der Waals surface area (Å²) >= 11 is 7.46.